The first-order valence-corrected chi connectivity index (χ1v) is 9.99. The number of hydrogen-bond acceptors (Lipinski definition) is 6. The second-order valence-corrected chi connectivity index (χ2v) is 8.36. The van der Waals surface area contributed by atoms with Crippen LogP contribution >= 0.6 is 22.9 Å². The normalized spacial score (nSPS) is 10.9. The first-order valence-electron chi connectivity index (χ1n) is 8.80. The predicted octanol–water partition coefficient (Wildman–Crippen LogP) is 2.44. The predicted molar refractivity (Wildman–Crippen MR) is 114 cm³/mol. The number of amides is 2. The number of aromatic nitrogens is 3. The van der Waals surface area contributed by atoms with E-state index in [-0.39, 0.29) is 18.4 Å². The van der Waals surface area contributed by atoms with Crippen LogP contribution in [0.4, 0.5) is 5.69 Å². The average molecular weight is 433 g/mol. The Kier molecular flexibility index (Phi) is 6.63. The van der Waals surface area contributed by atoms with Gasteiger partial charge < -0.3 is 15.1 Å². The van der Waals surface area contributed by atoms with Gasteiger partial charge in [0.1, 0.15) is 5.69 Å². The molecule has 0 spiro atoms. The highest BCUT2D eigenvalue weighted by molar-refractivity contribution is 7.17. The molecule has 2 aromatic heterocycles. The lowest BCUT2D eigenvalue weighted by Crippen LogP contribution is -2.34. The molecule has 0 aliphatic rings. The zero-order valence-electron chi connectivity index (χ0n) is 16.3. The molecule has 152 valence electrons. The van der Waals surface area contributed by atoms with Crippen molar-refractivity contribution >= 4 is 40.4 Å². The highest BCUT2D eigenvalue weighted by Gasteiger charge is 2.13. The number of anilines is 1. The highest BCUT2D eigenvalue weighted by Crippen LogP contribution is 2.21. The summed E-state index contributed by atoms with van der Waals surface area (Å²) in [4.78, 5) is 28.2. The van der Waals surface area contributed by atoms with Crippen molar-refractivity contribution in [2.75, 3.05) is 32.6 Å². The molecule has 0 aliphatic carbocycles. The molecule has 2 heterocycles. The molecule has 0 unspecified atom stereocenters. The summed E-state index contributed by atoms with van der Waals surface area (Å²) in [6.45, 7) is 0.600. The van der Waals surface area contributed by atoms with Gasteiger partial charge in [-0.1, -0.05) is 16.8 Å². The second kappa shape index (κ2) is 9.17. The van der Waals surface area contributed by atoms with Gasteiger partial charge in [0, 0.05) is 12.7 Å². The summed E-state index contributed by atoms with van der Waals surface area (Å²) in [5.41, 5.74) is 2.23. The summed E-state index contributed by atoms with van der Waals surface area (Å²) in [6.07, 6.45) is 1.75. The third kappa shape index (κ3) is 5.41. The van der Waals surface area contributed by atoms with Crippen molar-refractivity contribution in [1.29, 1.82) is 0 Å². The van der Waals surface area contributed by atoms with Crippen molar-refractivity contribution < 1.29 is 9.59 Å². The van der Waals surface area contributed by atoms with Gasteiger partial charge in [-0.15, -0.1) is 16.4 Å². The zero-order chi connectivity index (χ0) is 21.0. The number of nitrogens with zero attached hydrogens (tertiary/aromatic N) is 5. The third-order valence-electron chi connectivity index (χ3n) is 4.10. The van der Waals surface area contributed by atoms with E-state index in [0.717, 1.165) is 11.4 Å². The van der Waals surface area contributed by atoms with Gasteiger partial charge in [0.15, 0.2) is 0 Å². The minimum atomic E-state index is -0.203. The molecule has 0 bridgehead atoms. The summed E-state index contributed by atoms with van der Waals surface area (Å²) in [7, 11) is 5.46. The SMILES string of the molecule is CN(C)CC(=O)N(C)c1ccc(-n2cc(CNC(=O)c3ccc(Cl)s3)nn2)cc1. The molecule has 0 saturated heterocycles. The van der Waals surface area contributed by atoms with Gasteiger partial charge in [-0.2, -0.15) is 0 Å². The van der Waals surface area contributed by atoms with Crippen LogP contribution in [0.15, 0.2) is 42.6 Å². The van der Waals surface area contributed by atoms with Crippen LogP contribution in [-0.4, -0.2) is 59.4 Å². The van der Waals surface area contributed by atoms with E-state index < -0.39 is 0 Å². The standard InChI is InChI=1S/C19H21ClN6O2S/c1-24(2)12-18(27)25(3)14-4-6-15(7-5-14)26-11-13(22-23-26)10-21-19(28)16-8-9-17(20)29-16/h4-9,11H,10,12H2,1-3H3,(H,21,28). The number of hydrogen-bond donors (Lipinski definition) is 1. The minimum absolute atomic E-state index is 0.00793. The second-order valence-electron chi connectivity index (χ2n) is 6.65. The first-order chi connectivity index (χ1) is 13.8. The zero-order valence-corrected chi connectivity index (χ0v) is 17.9. The first kappa shape index (κ1) is 21.0. The van der Waals surface area contributed by atoms with Gasteiger partial charge in [-0.3, -0.25) is 9.59 Å². The fraction of sp³-hybridized carbons (Fsp3) is 0.263. The Morgan fingerprint density at radius 3 is 2.48 bits per heavy atom. The smallest absolute Gasteiger partial charge is 0.261 e. The van der Waals surface area contributed by atoms with Crippen LogP contribution in [0, 0.1) is 0 Å². The molecule has 8 nitrogen and oxygen atoms in total. The van der Waals surface area contributed by atoms with Crippen LogP contribution in [0.1, 0.15) is 15.4 Å². The summed E-state index contributed by atoms with van der Waals surface area (Å²) >= 11 is 7.08. The summed E-state index contributed by atoms with van der Waals surface area (Å²) in [6, 6.07) is 10.8. The van der Waals surface area contributed by atoms with Gasteiger partial charge >= 0.3 is 0 Å². The van der Waals surface area contributed by atoms with Gasteiger partial charge in [-0.05, 0) is 50.5 Å². The topological polar surface area (TPSA) is 83.4 Å². The Balaban J connectivity index is 1.61. The fourth-order valence-corrected chi connectivity index (χ4v) is 3.51. The maximum absolute atomic E-state index is 12.2. The van der Waals surface area contributed by atoms with E-state index in [1.165, 1.54) is 11.3 Å². The van der Waals surface area contributed by atoms with Crippen LogP contribution in [0.3, 0.4) is 0 Å². The molecule has 10 heteroatoms. The van der Waals surface area contributed by atoms with Crippen molar-refractivity contribution in [3.05, 3.63) is 57.5 Å². The number of benzene rings is 1. The molecule has 29 heavy (non-hydrogen) atoms. The number of carbonyl (C=O) groups is 2. The number of rotatable bonds is 7. The van der Waals surface area contributed by atoms with E-state index in [0.29, 0.717) is 21.5 Å². The Hall–Kier alpha value is -2.75. The molecule has 1 aromatic carbocycles. The van der Waals surface area contributed by atoms with E-state index in [4.69, 9.17) is 11.6 Å². The van der Waals surface area contributed by atoms with Crippen molar-refractivity contribution in [2.45, 2.75) is 6.54 Å². The number of nitrogens with one attached hydrogen (secondary N) is 1. The van der Waals surface area contributed by atoms with Gasteiger partial charge in [0.05, 0.1) is 34.2 Å². The van der Waals surface area contributed by atoms with Gasteiger partial charge in [-0.25, -0.2) is 4.68 Å². The van der Waals surface area contributed by atoms with Crippen LogP contribution < -0.4 is 10.2 Å². The van der Waals surface area contributed by atoms with Gasteiger partial charge in [0.2, 0.25) is 5.91 Å². The Morgan fingerprint density at radius 1 is 1.14 bits per heavy atom. The summed E-state index contributed by atoms with van der Waals surface area (Å²) < 4.78 is 2.19. The van der Waals surface area contributed by atoms with Crippen LogP contribution in [0.2, 0.25) is 4.34 Å². The third-order valence-corrected chi connectivity index (χ3v) is 5.32. The van der Waals surface area contributed by atoms with E-state index >= 15 is 0 Å². The van der Waals surface area contributed by atoms with Crippen molar-refractivity contribution in [2.24, 2.45) is 0 Å². The lowest BCUT2D eigenvalue weighted by molar-refractivity contribution is -0.118. The van der Waals surface area contributed by atoms with E-state index in [1.807, 2.05) is 43.3 Å². The van der Waals surface area contributed by atoms with Crippen LogP contribution in [-0.2, 0) is 11.3 Å². The van der Waals surface area contributed by atoms with Crippen molar-refractivity contribution in [3.8, 4) is 5.69 Å². The molecule has 0 fully saturated rings. The highest BCUT2D eigenvalue weighted by atomic mass is 35.5. The molecule has 0 radical (unpaired) electrons. The maximum atomic E-state index is 12.2. The number of halogens is 1. The Bertz CT molecular complexity index is 998. The average Bonchev–Trinajstić information content (AvgIpc) is 3.34. The van der Waals surface area contributed by atoms with Crippen molar-refractivity contribution in [1.82, 2.24) is 25.2 Å². The molecule has 1 N–H and O–H groups in total. The largest absolute Gasteiger partial charge is 0.346 e. The number of likely N-dealkylation sites (N-methyl/N-ethyl adjacent to an activating group) is 2. The van der Waals surface area contributed by atoms with E-state index in [9.17, 15) is 9.59 Å². The lowest BCUT2D eigenvalue weighted by atomic mass is 10.2. The van der Waals surface area contributed by atoms with Crippen LogP contribution in [0.25, 0.3) is 5.69 Å². The van der Waals surface area contributed by atoms with Crippen molar-refractivity contribution in [3.63, 3.8) is 0 Å². The Labute approximate surface area is 177 Å². The molecule has 3 aromatic rings. The molecule has 0 saturated carbocycles. The number of thiophene rings is 1. The molecule has 0 atom stereocenters. The molecule has 3 rings (SSSR count). The maximum Gasteiger partial charge on any atom is 0.261 e. The monoisotopic (exact) mass is 432 g/mol. The molecule has 2 amide bonds. The summed E-state index contributed by atoms with van der Waals surface area (Å²) in [5.74, 6) is -0.195. The van der Waals surface area contributed by atoms with E-state index in [1.54, 1.807) is 35.0 Å². The number of carbonyl (C=O) groups excluding carboxylic acids is 2. The van der Waals surface area contributed by atoms with E-state index in [2.05, 4.69) is 15.6 Å². The Morgan fingerprint density at radius 2 is 1.86 bits per heavy atom. The van der Waals surface area contributed by atoms with Crippen LogP contribution in [0.5, 0.6) is 0 Å². The molecular weight excluding hydrogens is 412 g/mol. The molecular formula is C19H21ClN6O2S. The molecule has 0 aliphatic heterocycles. The lowest BCUT2D eigenvalue weighted by Gasteiger charge is -2.19. The summed E-state index contributed by atoms with van der Waals surface area (Å²) in [5, 5.41) is 11.0. The van der Waals surface area contributed by atoms with Gasteiger partial charge in [0.25, 0.3) is 5.91 Å². The minimum Gasteiger partial charge on any atom is -0.346 e. The quantitative estimate of drug-likeness (QED) is 0.620. The fourth-order valence-electron chi connectivity index (χ4n) is 2.55.